The Hall–Kier alpha value is -2.07. The van der Waals surface area contributed by atoms with Crippen molar-refractivity contribution in [2.24, 2.45) is 0 Å². The van der Waals surface area contributed by atoms with Crippen LogP contribution in [0.5, 0.6) is 0 Å². The lowest BCUT2D eigenvalue weighted by atomic mass is 10.0. The molecule has 0 saturated carbocycles. The van der Waals surface area contributed by atoms with Crippen LogP contribution in [0.3, 0.4) is 0 Å². The number of aliphatic hydroxyl groups excluding tert-OH is 1. The summed E-state index contributed by atoms with van der Waals surface area (Å²) in [6.45, 7) is 12.5. The molecule has 0 fully saturated rings. The molecule has 0 unspecified atom stereocenters. The molecule has 4 heteroatoms. The number of hydrogen-bond acceptors (Lipinski definition) is 4. The van der Waals surface area contributed by atoms with E-state index in [0.29, 0.717) is 12.3 Å². The fraction of sp³-hybridized carbons (Fsp3) is 0.476. The fourth-order valence-corrected chi connectivity index (χ4v) is 3.01. The molecule has 0 bridgehead atoms. The Morgan fingerprint density at radius 3 is 2.40 bits per heavy atom. The minimum absolute atomic E-state index is 0.113. The van der Waals surface area contributed by atoms with Gasteiger partial charge in [0.15, 0.2) is 0 Å². The third kappa shape index (κ3) is 4.13. The van der Waals surface area contributed by atoms with Crippen molar-refractivity contribution in [2.45, 2.75) is 60.3 Å². The molecule has 2 aromatic rings. The maximum absolute atomic E-state index is 9.26. The van der Waals surface area contributed by atoms with Crippen molar-refractivity contribution in [3.05, 3.63) is 46.7 Å². The van der Waals surface area contributed by atoms with Gasteiger partial charge in [0.2, 0.25) is 0 Å². The molecule has 0 spiro atoms. The Morgan fingerprint density at radius 1 is 1.12 bits per heavy atom. The van der Waals surface area contributed by atoms with Crippen molar-refractivity contribution in [1.29, 1.82) is 0 Å². The van der Waals surface area contributed by atoms with Crippen LogP contribution in [0.1, 0.15) is 68.5 Å². The molecule has 0 aromatic carbocycles. The van der Waals surface area contributed by atoms with E-state index in [0.717, 1.165) is 51.7 Å². The van der Waals surface area contributed by atoms with E-state index in [2.05, 4.69) is 32.9 Å². The third-order valence-corrected chi connectivity index (χ3v) is 4.46. The first-order valence-electron chi connectivity index (χ1n) is 9.04. The highest BCUT2D eigenvalue weighted by Gasteiger charge is 2.16. The van der Waals surface area contributed by atoms with Crippen LogP contribution in [-0.4, -0.2) is 26.7 Å². The van der Waals surface area contributed by atoms with Gasteiger partial charge in [0, 0.05) is 23.6 Å². The molecule has 0 aliphatic heterocycles. The summed E-state index contributed by atoms with van der Waals surface area (Å²) >= 11 is 0. The van der Waals surface area contributed by atoms with Crippen molar-refractivity contribution in [3.8, 4) is 11.3 Å². The predicted octanol–water partition coefficient (Wildman–Crippen LogP) is 4.63. The molecule has 1 N–H and O–H groups in total. The maximum atomic E-state index is 9.26. The fourth-order valence-electron chi connectivity index (χ4n) is 3.01. The number of hydrogen-bond donors (Lipinski definition) is 1. The number of allylic oxidation sites excluding steroid dienone is 1. The van der Waals surface area contributed by atoms with Gasteiger partial charge >= 0.3 is 0 Å². The van der Waals surface area contributed by atoms with Gasteiger partial charge in [-0.05, 0) is 57.2 Å². The molecular weight excluding hydrogens is 310 g/mol. The van der Waals surface area contributed by atoms with E-state index in [1.165, 1.54) is 0 Å². The molecule has 0 saturated heterocycles. The Bertz CT molecular complexity index is 779. The average Bonchev–Trinajstić information content (AvgIpc) is 2.60. The van der Waals surface area contributed by atoms with Crippen LogP contribution in [0.2, 0.25) is 0 Å². The van der Waals surface area contributed by atoms with Gasteiger partial charge in [-0.3, -0.25) is 4.98 Å². The first-order valence-corrected chi connectivity index (χ1v) is 9.04. The zero-order chi connectivity index (χ0) is 18.6. The van der Waals surface area contributed by atoms with Crippen molar-refractivity contribution in [3.63, 3.8) is 0 Å². The second kappa shape index (κ2) is 8.34. The molecule has 2 aromatic heterocycles. The van der Waals surface area contributed by atoms with Crippen molar-refractivity contribution in [2.75, 3.05) is 6.61 Å². The molecule has 2 heterocycles. The highest BCUT2D eigenvalue weighted by molar-refractivity contribution is 5.69. The van der Waals surface area contributed by atoms with Crippen molar-refractivity contribution < 1.29 is 5.11 Å². The molecule has 0 aliphatic rings. The number of nitrogens with zero attached hydrogens (tertiary/aromatic N) is 3. The second-order valence-corrected chi connectivity index (χ2v) is 6.62. The Labute approximate surface area is 151 Å². The van der Waals surface area contributed by atoms with E-state index in [1.54, 1.807) is 0 Å². The van der Waals surface area contributed by atoms with E-state index in [9.17, 15) is 5.11 Å². The van der Waals surface area contributed by atoms with E-state index >= 15 is 0 Å². The van der Waals surface area contributed by atoms with Crippen LogP contribution in [0.4, 0.5) is 0 Å². The first-order chi connectivity index (χ1) is 11.9. The number of aliphatic hydroxyl groups is 1. The van der Waals surface area contributed by atoms with Gasteiger partial charge in [0.1, 0.15) is 0 Å². The first kappa shape index (κ1) is 19.3. The molecule has 25 heavy (non-hydrogen) atoms. The van der Waals surface area contributed by atoms with E-state index in [1.807, 2.05) is 26.8 Å². The number of aryl methyl sites for hydroxylation is 3. The van der Waals surface area contributed by atoms with Gasteiger partial charge in [-0.2, -0.15) is 0 Å². The summed E-state index contributed by atoms with van der Waals surface area (Å²) in [5, 5.41) is 9.26. The minimum atomic E-state index is 0.113. The number of aromatic nitrogens is 3. The quantitative estimate of drug-likeness (QED) is 0.834. The maximum Gasteiger partial charge on any atom is 0.0936 e. The molecular formula is C21H29N3O. The summed E-state index contributed by atoms with van der Waals surface area (Å²) < 4.78 is 0. The lowest BCUT2D eigenvalue weighted by Gasteiger charge is -2.15. The molecule has 134 valence electrons. The summed E-state index contributed by atoms with van der Waals surface area (Å²) in [6, 6.07) is 4.22. The molecule has 0 radical (unpaired) electrons. The molecule has 0 amide bonds. The van der Waals surface area contributed by atoms with Gasteiger partial charge < -0.3 is 5.11 Å². The Balaban J connectivity index is 2.56. The van der Waals surface area contributed by atoms with Crippen LogP contribution in [0, 0.1) is 13.8 Å². The summed E-state index contributed by atoms with van der Waals surface area (Å²) in [5.41, 5.74) is 7.84. The summed E-state index contributed by atoms with van der Waals surface area (Å²) in [5.74, 6) is 0.409. The van der Waals surface area contributed by atoms with Crippen LogP contribution in [0.15, 0.2) is 18.2 Å². The topological polar surface area (TPSA) is 58.9 Å². The second-order valence-electron chi connectivity index (χ2n) is 6.62. The summed E-state index contributed by atoms with van der Waals surface area (Å²) in [7, 11) is 0. The number of rotatable bonds is 6. The van der Waals surface area contributed by atoms with Crippen molar-refractivity contribution >= 4 is 5.57 Å². The Morgan fingerprint density at radius 2 is 1.84 bits per heavy atom. The van der Waals surface area contributed by atoms with Crippen molar-refractivity contribution in [1.82, 2.24) is 15.0 Å². The van der Waals surface area contributed by atoms with Gasteiger partial charge in [0.05, 0.1) is 22.8 Å². The van der Waals surface area contributed by atoms with Crippen LogP contribution >= 0.6 is 0 Å². The molecule has 0 atom stereocenters. The Kier molecular flexibility index (Phi) is 6.43. The molecule has 4 nitrogen and oxygen atoms in total. The zero-order valence-electron chi connectivity index (χ0n) is 16.2. The predicted molar refractivity (Wildman–Crippen MR) is 104 cm³/mol. The monoisotopic (exact) mass is 339 g/mol. The average molecular weight is 339 g/mol. The molecule has 2 rings (SSSR count). The summed E-state index contributed by atoms with van der Waals surface area (Å²) in [4.78, 5) is 14.5. The highest BCUT2D eigenvalue weighted by atomic mass is 16.2. The lowest BCUT2D eigenvalue weighted by Crippen LogP contribution is -2.06. The van der Waals surface area contributed by atoms with E-state index in [4.69, 9.17) is 15.0 Å². The van der Waals surface area contributed by atoms with Gasteiger partial charge in [-0.25, -0.2) is 9.97 Å². The van der Waals surface area contributed by atoms with Crippen LogP contribution < -0.4 is 0 Å². The smallest absolute Gasteiger partial charge is 0.0936 e. The van der Waals surface area contributed by atoms with Gasteiger partial charge in [-0.15, -0.1) is 0 Å². The zero-order valence-corrected chi connectivity index (χ0v) is 16.2. The summed E-state index contributed by atoms with van der Waals surface area (Å²) in [6.07, 6.45) is 3.46. The van der Waals surface area contributed by atoms with E-state index < -0.39 is 0 Å². The molecule has 0 aliphatic carbocycles. The van der Waals surface area contributed by atoms with E-state index in [-0.39, 0.29) is 6.61 Å². The normalized spacial score (nSPS) is 12.1. The van der Waals surface area contributed by atoms with Gasteiger partial charge in [-0.1, -0.05) is 26.8 Å². The minimum Gasteiger partial charge on any atom is -0.396 e. The largest absolute Gasteiger partial charge is 0.396 e. The standard InChI is InChI=1S/C21H29N3O/c1-7-16(11-12-25)20-14(5)23-21(15(6)22-20)17-9-10-19(13(3)4)24-18(17)8-2/h7,9-10,13,25H,8,11-12H2,1-6H3/b16-7-. The number of pyridine rings is 1. The highest BCUT2D eigenvalue weighted by Crippen LogP contribution is 2.28. The third-order valence-electron chi connectivity index (χ3n) is 4.46. The SMILES string of the molecule is C/C=C(/CCO)c1nc(C)c(-c2ccc(C(C)C)nc2CC)nc1C. The lowest BCUT2D eigenvalue weighted by molar-refractivity contribution is 0.305. The van der Waals surface area contributed by atoms with Crippen LogP contribution in [-0.2, 0) is 6.42 Å². The van der Waals surface area contributed by atoms with Crippen LogP contribution in [0.25, 0.3) is 16.8 Å². The van der Waals surface area contributed by atoms with Gasteiger partial charge in [0.25, 0.3) is 0 Å².